The number of rotatable bonds is 8. The van der Waals surface area contributed by atoms with Crippen LogP contribution in [0.1, 0.15) is 49.9 Å². The lowest BCUT2D eigenvalue weighted by Crippen LogP contribution is -2.24. The number of unbranched alkanes of at least 4 members (excludes halogenated alkanes) is 2. The number of hydrogen-bond donors (Lipinski definition) is 1. The largest absolute Gasteiger partial charge is 0.494 e. The first kappa shape index (κ1) is 14.6. The number of benzene rings is 1. The van der Waals surface area contributed by atoms with Crippen LogP contribution in [0.5, 0.6) is 5.75 Å². The third-order valence-electron chi connectivity index (χ3n) is 2.70. The number of hydrogen-bond acceptors (Lipinski definition) is 2. The summed E-state index contributed by atoms with van der Waals surface area (Å²) in [5.41, 5.74) is 0.689. The third-order valence-corrected chi connectivity index (χ3v) is 2.70. The van der Waals surface area contributed by atoms with Crippen LogP contribution in [0, 0.1) is 0 Å². The molecule has 0 spiro atoms. The highest BCUT2D eigenvalue weighted by Crippen LogP contribution is 2.12. The smallest absolute Gasteiger partial charge is 0.251 e. The van der Waals surface area contributed by atoms with Gasteiger partial charge in [-0.15, -0.1) is 0 Å². The maximum Gasteiger partial charge on any atom is 0.251 e. The lowest BCUT2D eigenvalue weighted by atomic mass is 10.2. The van der Waals surface area contributed by atoms with Gasteiger partial charge in [0.25, 0.3) is 5.91 Å². The predicted molar refractivity (Wildman–Crippen MR) is 74.1 cm³/mol. The van der Waals surface area contributed by atoms with Crippen LogP contribution >= 0.6 is 0 Å². The van der Waals surface area contributed by atoms with Crippen LogP contribution in [-0.2, 0) is 0 Å². The second-order valence-corrected chi connectivity index (χ2v) is 4.34. The Hall–Kier alpha value is -1.51. The Morgan fingerprint density at radius 2 is 1.78 bits per heavy atom. The van der Waals surface area contributed by atoms with Crippen LogP contribution in [0.4, 0.5) is 0 Å². The molecule has 0 saturated heterocycles. The minimum absolute atomic E-state index is 0.0106. The van der Waals surface area contributed by atoms with E-state index in [1.54, 1.807) is 0 Å². The van der Waals surface area contributed by atoms with Crippen molar-refractivity contribution in [2.24, 2.45) is 0 Å². The summed E-state index contributed by atoms with van der Waals surface area (Å²) >= 11 is 0. The molecule has 3 heteroatoms. The Balaban J connectivity index is 2.41. The number of carbonyl (C=O) groups excluding carboxylic acids is 1. The molecular weight excluding hydrogens is 226 g/mol. The molecule has 0 heterocycles. The van der Waals surface area contributed by atoms with Gasteiger partial charge in [-0.05, 0) is 37.1 Å². The van der Waals surface area contributed by atoms with Gasteiger partial charge in [-0.2, -0.15) is 0 Å². The number of nitrogens with one attached hydrogen (secondary N) is 1. The quantitative estimate of drug-likeness (QED) is 0.717. The maximum absolute atomic E-state index is 11.7. The van der Waals surface area contributed by atoms with Crippen molar-refractivity contribution in [1.29, 1.82) is 0 Å². The molecule has 0 aromatic heterocycles. The summed E-state index contributed by atoms with van der Waals surface area (Å²) in [6.07, 6.45) is 4.28. The second kappa shape index (κ2) is 8.56. The normalized spacial score (nSPS) is 10.1. The maximum atomic E-state index is 11.7. The van der Waals surface area contributed by atoms with Crippen molar-refractivity contribution >= 4 is 5.91 Å². The van der Waals surface area contributed by atoms with Gasteiger partial charge >= 0.3 is 0 Å². The van der Waals surface area contributed by atoms with Crippen LogP contribution in [0.25, 0.3) is 0 Å². The van der Waals surface area contributed by atoms with Gasteiger partial charge in [0.2, 0.25) is 0 Å². The minimum Gasteiger partial charge on any atom is -0.494 e. The molecule has 0 radical (unpaired) electrons. The fourth-order valence-corrected chi connectivity index (χ4v) is 1.52. The highest BCUT2D eigenvalue weighted by atomic mass is 16.5. The van der Waals surface area contributed by atoms with E-state index >= 15 is 0 Å². The van der Waals surface area contributed by atoms with Crippen molar-refractivity contribution in [1.82, 2.24) is 5.32 Å². The van der Waals surface area contributed by atoms with Crippen molar-refractivity contribution in [3.8, 4) is 5.75 Å². The summed E-state index contributed by atoms with van der Waals surface area (Å²) in [7, 11) is 0. The van der Waals surface area contributed by atoms with Gasteiger partial charge in [0.05, 0.1) is 6.61 Å². The van der Waals surface area contributed by atoms with Crippen molar-refractivity contribution in [2.45, 2.75) is 39.5 Å². The van der Waals surface area contributed by atoms with Crippen molar-refractivity contribution in [2.75, 3.05) is 13.2 Å². The minimum atomic E-state index is -0.0106. The van der Waals surface area contributed by atoms with Gasteiger partial charge in [-0.1, -0.05) is 26.7 Å². The van der Waals surface area contributed by atoms with Crippen molar-refractivity contribution < 1.29 is 9.53 Å². The van der Waals surface area contributed by atoms with Gasteiger partial charge in [0.15, 0.2) is 0 Å². The molecule has 100 valence electrons. The van der Waals surface area contributed by atoms with E-state index < -0.39 is 0 Å². The number of ether oxygens (including phenoxy) is 1. The fourth-order valence-electron chi connectivity index (χ4n) is 1.52. The molecule has 0 bridgehead atoms. The van der Waals surface area contributed by atoms with Crippen molar-refractivity contribution in [3.63, 3.8) is 0 Å². The monoisotopic (exact) mass is 249 g/mol. The zero-order valence-electron chi connectivity index (χ0n) is 11.4. The zero-order chi connectivity index (χ0) is 13.2. The SMILES string of the molecule is CCCCNC(=O)c1ccc(OCCCC)cc1. The van der Waals surface area contributed by atoms with Crippen LogP contribution in [0.2, 0.25) is 0 Å². The molecule has 0 unspecified atom stereocenters. The molecule has 3 nitrogen and oxygen atoms in total. The first-order valence-corrected chi connectivity index (χ1v) is 6.79. The Kier molecular flexibility index (Phi) is 6.92. The second-order valence-electron chi connectivity index (χ2n) is 4.34. The van der Waals surface area contributed by atoms with Gasteiger partial charge in [0, 0.05) is 12.1 Å². The molecule has 0 atom stereocenters. The third kappa shape index (κ3) is 5.21. The topological polar surface area (TPSA) is 38.3 Å². The lowest BCUT2D eigenvalue weighted by Gasteiger charge is -2.07. The first-order chi connectivity index (χ1) is 8.77. The highest BCUT2D eigenvalue weighted by Gasteiger charge is 2.04. The molecule has 0 saturated carbocycles. The number of amides is 1. The molecule has 1 aromatic carbocycles. The Morgan fingerprint density at radius 1 is 1.11 bits per heavy atom. The molecule has 1 amide bonds. The standard InChI is InChI=1S/C15H23NO2/c1-3-5-11-16-15(17)13-7-9-14(10-8-13)18-12-6-4-2/h7-10H,3-6,11-12H2,1-2H3,(H,16,17). The van der Waals surface area contributed by atoms with E-state index in [9.17, 15) is 4.79 Å². The summed E-state index contributed by atoms with van der Waals surface area (Å²) in [5.74, 6) is 0.817. The van der Waals surface area contributed by atoms with E-state index in [1.165, 1.54) is 0 Å². The predicted octanol–water partition coefficient (Wildman–Crippen LogP) is 3.40. The first-order valence-electron chi connectivity index (χ1n) is 6.79. The molecule has 1 rings (SSSR count). The summed E-state index contributed by atoms with van der Waals surface area (Å²) in [6.45, 7) is 5.71. The van der Waals surface area contributed by atoms with Gasteiger partial charge in [-0.25, -0.2) is 0 Å². The summed E-state index contributed by atoms with van der Waals surface area (Å²) < 4.78 is 5.55. The average molecular weight is 249 g/mol. The van der Waals surface area contributed by atoms with Crippen LogP contribution in [-0.4, -0.2) is 19.1 Å². The van der Waals surface area contributed by atoms with Crippen LogP contribution in [0.15, 0.2) is 24.3 Å². The fraction of sp³-hybridized carbons (Fsp3) is 0.533. The van der Waals surface area contributed by atoms with E-state index in [1.807, 2.05) is 24.3 Å². The number of carbonyl (C=O) groups is 1. The van der Waals surface area contributed by atoms with Gasteiger partial charge < -0.3 is 10.1 Å². The highest BCUT2D eigenvalue weighted by molar-refractivity contribution is 5.94. The molecule has 0 aliphatic rings. The molecule has 0 aliphatic heterocycles. The summed E-state index contributed by atoms with van der Waals surface area (Å²) in [5, 5.41) is 2.89. The van der Waals surface area contributed by atoms with E-state index in [0.717, 1.165) is 44.6 Å². The van der Waals surface area contributed by atoms with Crippen LogP contribution < -0.4 is 10.1 Å². The average Bonchev–Trinajstić information content (AvgIpc) is 2.40. The van der Waals surface area contributed by atoms with Crippen molar-refractivity contribution in [3.05, 3.63) is 29.8 Å². The molecule has 0 fully saturated rings. The van der Waals surface area contributed by atoms with E-state index in [2.05, 4.69) is 19.2 Å². The van der Waals surface area contributed by atoms with E-state index in [4.69, 9.17) is 4.74 Å². The molecule has 1 N–H and O–H groups in total. The Labute approximate surface area is 110 Å². The molecule has 0 aliphatic carbocycles. The summed E-state index contributed by atoms with van der Waals surface area (Å²) in [4.78, 5) is 11.7. The summed E-state index contributed by atoms with van der Waals surface area (Å²) in [6, 6.07) is 7.32. The Bertz CT molecular complexity index is 346. The zero-order valence-corrected chi connectivity index (χ0v) is 11.4. The van der Waals surface area contributed by atoms with Gasteiger partial charge in [-0.3, -0.25) is 4.79 Å². The van der Waals surface area contributed by atoms with Gasteiger partial charge in [0.1, 0.15) is 5.75 Å². The Morgan fingerprint density at radius 3 is 2.39 bits per heavy atom. The molecular formula is C15H23NO2. The molecule has 18 heavy (non-hydrogen) atoms. The molecule has 1 aromatic rings. The lowest BCUT2D eigenvalue weighted by molar-refractivity contribution is 0.0953. The van der Waals surface area contributed by atoms with E-state index in [0.29, 0.717) is 5.56 Å². The van der Waals surface area contributed by atoms with Crippen LogP contribution in [0.3, 0.4) is 0 Å². The van der Waals surface area contributed by atoms with E-state index in [-0.39, 0.29) is 5.91 Å².